The van der Waals surface area contributed by atoms with E-state index in [1.165, 1.54) is 31.4 Å². The van der Waals surface area contributed by atoms with Gasteiger partial charge >= 0.3 is 11.9 Å². The maximum absolute atomic E-state index is 10.9. The van der Waals surface area contributed by atoms with Crippen molar-refractivity contribution >= 4 is 11.9 Å². The highest BCUT2D eigenvalue weighted by molar-refractivity contribution is 5.92. The molecule has 7 heteroatoms. The number of carboxylic acid groups (broad SMARTS) is 1. The number of aromatic amines is 1. The Kier molecular flexibility index (Phi) is 5.04. The van der Waals surface area contributed by atoms with Gasteiger partial charge in [0.2, 0.25) is 0 Å². The summed E-state index contributed by atoms with van der Waals surface area (Å²) in [5.41, 5.74) is 0.486. The number of esters is 1. The fourth-order valence-corrected chi connectivity index (χ4v) is 1.03. The Morgan fingerprint density at radius 3 is 2.17 bits per heavy atom. The van der Waals surface area contributed by atoms with Crippen molar-refractivity contribution < 1.29 is 19.4 Å². The monoisotopic (exact) mass is 249 g/mol. The lowest BCUT2D eigenvalue weighted by atomic mass is 10.1. The second-order valence-electron chi connectivity index (χ2n) is 3.03. The first-order valence-electron chi connectivity index (χ1n) is 4.87. The molecule has 0 aliphatic carbocycles. The Morgan fingerprint density at radius 1 is 1.22 bits per heavy atom. The van der Waals surface area contributed by atoms with Crippen LogP contribution in [0.3, 0.4) is 0 Å². The average Bonchev–Trinajstić information content (AvgIpc) is 2.97. The molecule has 0 unspecified atom stereocenters. The summed E-state index contributed by atoms with van der Waals surface area (Å²) in [6.45, 7) is 0. The molecule has 0 saturated heterocycles. The number of aromatic nitrogens is 3. The SMILES string of the molecule is COC(=O)c1ccc(C(=O)O)cc1.c1c[nH]nn1. The minimum Gasteiger partial charge on any atom is -0.478 e. The lowest BCUT2D eigenvalue weighted by Crippen LogP contribution is -2.02. The quantitative estimate of drug-likeness (QED) is 0.768. The number of carboxylic acids is 1. The predicted molar refractivity (Wildman–Crippen MR) is 61.1 cm³/mol. The van der Waals surface area contributed by atoms with E-state index in [9.17, 15) is 9.59 Å². The lowest BCUT2D eigenvalue weighted by molar-refractivity contribution is 0.0598. The molecule has 0 amide bonds. The van der Waals surface area contributed by atoms with E-state index >= 15 is 0 Å². The highest BCUT2D eigenvalue weighted by Gasteiger charge is 2.06. The molecule has 1 aromatic heterocycles. The molecule has 0 radical (unpaired) electrons. The van der Waals surface area contributed by atoms with Crippen LogP contribution in [0.1, 0.15) is 20.7 Å². The lowest BCUT2D eigenvalue weighted by Gasteiger charge is -1.98. The fourth-order valence-electron chi connectivity index (χ4n) is 1.03. The van der Waals surface area contributed by atoms with Crippen molar-refractivity contribution in [1.29, 1.82) is 0 Å². The van der Waals surface area contributed by atoms with Crippen molar-refractivity contribution in [2.75, 3.05) is 7.11 Å². The number of nitrogens with zero attached hydrogens (tertiary/aromatic N) is 2. The Hall–Kier alpha value is -2.70. The predicted octanol–water partition coefficient (Wildman–Crippen LogP) is 0.976. The van der Waals surface area contributed by atoms with Crippen LogP contribution in [-0.2, 0) is 4.74 Å². The Balaban J connectivity index is 0.000000269. The van der Waals surface area contributed by atoms with E-state index < -0.39 is 11.9 Å². The molecule has 0 aliphatic heterocycles. The first-order chi connectivity index (χ1) is 8.65. The molecule has 0 atom stereocenters. The summed E-state index contributed by atoms with van der Waals surface area (Å²) in [4.78, 5) is 21.4. The smallest absolute Gasteiger partial charge is 0.337 e. The summed E-state index contributed by atoms with van der Waals surface area (Å²) < 4.78 is 4.45. The van der Waals surface area contributed by atoms with Crippen molar-refractivity contribution in [3.05, 3.63) is 47.8 Å². The van der Waals surface area contributed by atoms with Crippen LogP contribution in [0.5, 0.6) is 0 Å². The van der Waals surface area contributed by atoms with Crippen molar-refractivity contribution in [1.82, 2.24) is 15.4 Å². The average molecular weight is 249 g/mol. The number of hydrogen-bond acceptors (Lipinski definition) is 5. The Labute approximate surface area is 102 Å². The zero-order chi connectivity index (χ0) is 13.4. The van der Waals surface area contributed by atoms with E-state index in [0.29, 0.717) is 5.56 Å². The minimum absolute atomic E-state index is 0.146. The van der Waals surface area contributed by atoms with E-state index in [1.54, 1.807) is 12.4 Å². The normalized spacial score (nSPS) is 8.94. The first kappa shape index (κ1) is 13.4. The largest absolute Gasteiger partial charge is 0.478 e. The number of methoxy groups -OCH3 is 1. The van der Waals surface area contributed by atoms with Gasteiger partial charge < -0.3 is 9.84 Å². The molecule has 2 N–H and O–H groups in total. The second kappa shape index (κ2) is 6.79. The van der Waals surface area contributed by atoms with Crippen molar-refractivity contribution in [2.45, 2.75) is 0 Å². The molecular formula is C11H11N3O4. The Bertz CT molecular complexity index is 476. The first-order valence-corrected chi connectivity index (χ1v) is 4.87. The number of aromatic carboxylic acids is 1. The number of hydrogen-bond donors (Lipinski definition) is 2. The van der Waals surface area contributed by atoms with Crippen LogP contribution < -0.4 is 0 Å². The van der Waals surface area contributed by atoms with E-state index in [-0.39, 0.29) is 5.56 Å². The summed E-state index contributed by atoms with van der Waals surface area (Å²) in [5, 5.41) is 17.8. The van der Waals surface area contributed by atoms with Gasteiger partial charge in [-0.15, -0.1) is 5.10 Å². The molecule has 0 fully saturated rings. The number of carbonyl (C=O) groups excluding carboxylic acids is 1. The van der Waals surface area contributed by atoms with Gasteiger partial charge in [0.15, 0.2) is 0 Å². The standard InChI is InChI=1S/C9H8O4.C2H3N3/c1-13-9(12)7-4-2-6(3-5-7)8(10)11;1-2-4-5-3-1/h2-5H,1H3,(H,10,11);1-2H,(H,3,4,5). The zero-order valence-electron chi connectivity index (χ0n) is 9.53. The zero-order valence-corrected chi connectivity index (χ0v) is 9.53. The number of rotatable bonds is 2. The summed E-state index contributed by atoms with van der Waals surface area (Å²) in [7, 11) is 1.27. The number of ether oxygens (including phenoxy) is 1. The van der Waals surface area contributed by atoms with Crippen LogP contribution in [0, 0.1) is 0 Å². The van der Waals surface area contributed by atoms with Crippen LogP contribution in [0.15, 0.2) is 36.7 Å². The molecule has 1 heterocycles. The molecule has 7 nitrogen and oxygen atoms in total. The number of carbonyl (C=O) groups is 2. The molecule has 0 spiro atoms. The Morgan fingerprint density at radius 2 is 1.83 bits per heavy atom. The summed E-state index contributed by atoms with van der Waals surface area (Å²) in [5.74, 6) is -1.49. The summed E-state index contributed by atoms with van der Waals surface area (Å²) in [6, 6.07) is 5.54. The molecule has 2 aromatic rings. The van der Waals surface area contributed by atoms with Crippen molar-refractivity contribution in [3.8, 4) is 0 Å². The van der Waals surface area contributed by atoms with Crippen LogP contribution in [0.4, 0.5) is 0 Å². The van der Waals surface area contributed by atoms with Gasteiger partial charge in [0, 0.05) is 6.20 Å². The molecule has 94 valence electrons. The van der Waals surface area contributed by atoms with Gasteiger partial charge in [0.05, 0.1) is 24.4 Å². The van der Waals surface area contributed by atoms with Gasteiger partial charge in [0.25, 0.3) is 0 Å². The molecule has 1 aromatic carbocycles. The fraction of sp³-hybridized carbons (Fsp3) is 0.0909. The molecule has 0 bridgehead atoms. The molecule has 0 saturated carbocycles. The molecular weight excluding hydrogens is 238 g/mol. The van der Waals surface area contributed by atoms with E-state index in [2.05, 4.69) is 20.1 Å². The van der Waals surface area contributed by atoms with Gasteiger partial charge in [-0.2, -0.15) is 0 Å². The van der Waals surface area contributed by atoms with E-state index in [4.69, 9.17) is 5.11 Å². The second-order valence-corrected chi connectivity index (χ2v) is 3.03. The minimum atomic E-state index is -1.02. The van der Waals surface area contributed by atoms with Gasteiger partial charge in [-0.1, -0.05) is 5.21 Å². The van der Waals surface area contributed by atoms with Crippen LogP contribution in [0.2, 0.25) is 0 Å². The summed E-state index contributed by atoms with van der Waals surface area (Å²) >= 11 is 0. The molecule has 2 rings (SSSR count). The number of nitrogens with one attached hydrogen (secondary N) is 1. The highest BCUT2D eigenvalue weighted by Crippen LogP contribution is 2.05. The van der Waals surface area contributed by atoms with Gasteiger partial charge in [-0.05, 0) is 24.3 Å². The van der Waals surface area contributed by atoms with Crippen molar-refractivity contribution in [3.63, 3.8) is 0 Å². The van der Waals surface area contributed by atoms with Gasteiger partial charge in [0.1, 0.15) is 0 Å². The molecule has 18 heavy (non-hydrogen) atoms. The highest BCUT2D eigenvalue weighted by atomic mass is 16.5. The van der Waals surface area contributed by atoms with E-state index in [1.807, 2.05) is 0 Å². The maximum atomic E-state index is 10.9. The maximum Gasteiger partial charge on any atom is 0.337 e. The molecule has 0 aliphatic rings. The number of H-pyrrole nitrogens is 1. The topological polar surface area (TPSA) is 105 Å². The third-order valence-electron chi connectivity index (χ3n) is 1.88. The van der Waals surface area contributed by atoms with Gasteiger partial charge in [-0.3, -0.25) is 5.10 Å². The van der Waals surface area contributed by atoms with Crippen LogP contribution >= 0.6 is 0 Å². The third-order valence-corrected chi connectivity index (χ3v) is 1.88. The summed E-state index contributed by atoms with van der Waals surface area (Å²) in [6.07, 6.45) is 3.24. The third kappa shape index (κ3) is 4.05. The van der Waals surface area contributed by atoms with Crippen LogP contribution in [-0.4, -0.2) is 39.6 Å². The van der Waals surface area contributed by atoms with Gasteiger partial charge in [-0.25, -0.2) is 9.59 Å². The van der Waals surface area contributed by atoms with Crippen LogP contribution in [0.25, 0.3) is 0 Å². The van der Waals surface area contributed by atoms with Crippen molar-refractivity contribution in [2.24, 2.45) is 0 Å². The number of benzene rings is 1. The van der Waals surface area contributed by atoms with E-state index in [0.717, 1.165) is 0 Å².